The summed E-state index contributed by atoms with van der Waals surface area (Å²) in [7, 11) is 0. The predicted molar refractivity (Wildman–Crippen MR) is 339 cm³/mol. The quantitative estimate of drug-likeness (QED) is 0.0261. The lowest BCUT2D eigenvalue weighted by molar-refractivity contribution is -0.167. The molecule has 6 heteroatoms. The molecule has 0 aliphatic heterocycles. The lowest BCUT2D eigenvalue weighted by atomic mass is 10.0. The van der Waals surface area contributed by atoms with Gasteiger partial charge in [-0.15, -0.1) is 0 Å². The number of unbranched alkanes of at least 4 members (excludes halogenated alkanes) is 42. The van der Waals surface area contributed by atoms with E-state index in [9.17, 15) is 14.4 Å². The molecule has 0 rings (SSSR count). The van der Waals surface area contributed by atoms with Gasteiger partial charge in [-0.3, -0.25) is 14.4 Å². The van der Waals surface area contributed by atoms with Crippen molar-refractivity contribution < 1.29 is 28.6 Å². The number of carbonyl (C=O) groups is 3. The van der Waals surface area contributed by atoms with E-state index in [1.54, 1.807) is 0 Å². The van der Waals surface area contributed by atoms with E-state index < -0.39 is 6.10 Å². The minimum Gasteiger partial charge on any atom is -0.462 e. The molecule has 6 nitrogen and oxygen atoms in total. The van der Waals surface area contributed by atoms with Gasteiger partial charge in [0.1, 0.15) is 13.2 Å². The molecule has 1 atom stereocenters. The topological polar surface area (TPSA) is 78.9 Å². The van der Waals surface area contributed by atoms with E-state index >= 15 is 0 Å². The SMILES string of the molecule is CCCCCCC/C=C\C/C=C\C/C=C\CCCCCCCCCCCCCCCCC(=O)OCC(COC(=O)CCCCCCC/C=C\CCCCCCC)OC(=O)CCCCCCCCC/C=C\CCCCCCCC. The Labute approximate surface area is 485 Å². The molecule has 0 radical (unpaired) electrons. The maximum Gasteiger partial charge on any atom is 0.306 e. The summed E-state index contributed by atoms with van der Waals surface area (Å²) in [6, 6.07) is 0. The molecule has 0 heterocycles. The van der Waals surface area contributed by atoms with E-state index in [0.717, 1.165) is 77.0 Å². The number of esters is 3. The van der Waals surface area contributed by atoms with Gasteiger partial charge in [0.2, 0.25) is 0 Å². The van der Waals surface area contributed by atoms with Crippen molar-refractivity contribution in [2.24, 2.45) is 0 Å². The number of hydrogen-bond acceptors (Lipinski definition) is 6. The first kappa shape index (κ1) is 75.1. The summed E-state index contributed by atoms with van der Waals surface area (Å²) in [5.41, 5.74) is 0. The Morgan fingerprint density at radius 1 is 0.256 bits per heavy atom. The van der Waals surface area contributed by atoms with E-state index in [1.807, 2.05) is 0 Å². The first-order valence-electron chi connectivity index (χ1n) is 34.3. The zero-order chi connectivity index (χ0) is 56.4. The van der Waals surface area contributed by atoms with E-state index in [4.69, 9.17) is 14.2 Å². The Morgan fingerprint density at radius 2 is 0.462 bits per heavy atom. The van der Waals surface area contributed by atoms with Crippen molar-refractivity contribution in [3.8, 4) is 0 Å². The second-order valence-corrected chi connectivity index (χ2v) is 23.1. The highest BCUT2D eigenvalue weighted by molar-refractivity contribution is 5.71. The van der Waals surface area contributed by atoms with Crippen LogP contribution in [0.3, 0.4) is 0 Å². The van der Waals surface area contributed by atoms with Crippen LogP contribution in [0.2, 0.25) is 0 Å². The zero-order valence-electron chi connectivity index (χ0n) is 52.2. The molecule has 0 saturated heterocycles. The molecular weight excluding hydrogens is 961 g/mol. The van der Waals surface area contributed by atoms with Crippen LogP contribution in [-0.2, 0) is 28.6 Å². The van der Waals surface area contributed by atoms with Gasteiger partial charge in [-0.1, -0.05) is 293 Å². The zero-order valence-corrected chi connectivity index (χ0v) is 52.2. The summed E-state index contributed by atoms with van der Waals surface area (Å²) in [5.74, 6) is -0.870. The third-order valence-electron chi connectivity index (χ3n) is 15.2. The van der Waals surface area contributed by atoms with Gasteiger partial charge < -0.3 is 14.2 Å². The molecule has 0 amide bonds. The summed E-state index contributed by atoms with van der Waals surface area (Å²) in [6.07, 6.45) is 85.2. The molecule has 0 aromatic rings. The first-order valence-corrected chi connectivity index (χ1v) is 34.3. The average molecular weight is 1090 g/mol. The predicted octanol–water partition coefficient (Wildman–Crippen LogP) is 23.5. The van der Waals surface area contributed by atoms with Gasteiger partial charge in [0.05, 0.1) is 0 Å². The van der Waals surface area contributed by atoms with Crippen LogP contribution < -0.4 is 0 Å². The Bertz CT molecular complexity index is 1390. The van der Waals surface area contributed by atoms with E-state index in [-0.39, 0.29) is 31.1 Å². The molecule has 0 saturated carbocycles. The molecule has 0 spiro atoms. The average Bonchev–Trinajstić information content (AvgIpc) is 3.44. The van der Waals surface area contributed by atoms with Crippen LogP contribution in [0.25, 0.3) is 0 Å². The van der Waals surface area contributed by atoms with E-state index in [2.05, 4.69) is 81.5 Å². The highest BCUT2D eigenvalue weighted by Gasteiger charge is 2.19. The summed E-state index contributed by atoms with van der Waals surface area (Å²) in [6.45, 7) is 6.65. The van der Waals surface area contributed by atoms with Gasteiger partial charge in [0.25, 0.3) is 0 Å². The number of carbonyl (C=O) groups excluding carboxylic acids is 3. The Kier molecular flexibility index (Phi) is 64.2. The fraction of sp³-hybridized carbons (Fsp3) is 0.819. The van der Waals surface area contributed by atoms with Crippen LogP contribution in [0.1, 0.15) is 361 Å². The number of ether oxygens (including phenoxy) is 3. The summed E-state index contributed by atoms with van der Waals surface area (Å²) < 4.78 is 17.0. The fourth-order valence-electron chi connectivity index (χ4n) is 10.0. The van der Waals surface area contributed by atoms with Gasteiger partial charge in [-0.05, 0) is 109 Å². The lowest BCUT2D eigenvalue weighted by Gasteiger charge is -2.18. The van der Waals surface area contributed by atoms with Crippen LogP contribution in [0.4, 0.5) is 0 Å². The Morgan fingerprint density at radius 3 is 0.731 bits per heavy atom. The highest BCUT2D eigenvalue weighted by Crippen LogP contribution is 2.17. The maximum atomic E-state index is 12.9. The number of rotatable bonds is 63. The lowest BCUT2D eigenvalue weighted by Crippen LogP contribution is -2.30. The van der Waals surface area contributed by atoms with Crippen LogP contribution >= 0.6 is 0 Å². The normalized spacial score (nSPS) is 12.4. The van der Waals surface area contributed by atoms with E-state index in [0.29, 0.717) is 19.3 Å². The van der Waals surface area contributed by atoms with Crippen molar-refractivity contribution in [2.75, 3.05) is 13.2 Å². The third-order valence-corrected chi connectivity index (χ3v) is 15.2. The van der Waals surface area contributed by atoms with Crippen molar-refractivity contribution in [2.45, 2.75) is 367 Å². The van der Waals surface area contributed by atoms with Crippen molar-refractivity contribution in [1.29, 1.82) is 0 Å². The van der Waals surface area contributed by atoms with Crippen LogP contribution in [0.5, 0.6) is 0 Å². The third kappa shape index (κ3) is 63.9. The Hall–Kier alpha value is -2.89. The second-order valence-electron chi connectivity index (χ2n) is 23.1. The Balaban J connectivity index is 4.24. The van der Waals surface area contributed by atoms with Crippen LogP contribution in [0, 0.1) is 0 Å². The van der Waals surface area contributed by atoms with Gasteiger partial charge in [-0.2, -0.15) is 0 Å². The minimum absolute atomic E-state index is 0.0761. The molecule has 78 heavy (non-hydrogen) atoms. The first-order chi connectivity index (χ1) is 38.5. The van der Waals surface area contributed by atoms with Gasteiger partial charge in [0.15, 0.2) is 6.10 Å². The van der Waals surface area contributed by atoms with Gasteiger partial charge >= 0.3 is 17.9 Å². The van der Waals surface area contributed by atoms with Crippen molar-refractivity contribution in [1.82, 2.24) is 0 Å². The van der Waals surface area contributed by atoms with Crippen LogP contribution in [0.15, 0.2) is 60.8 Å². The molecule has 0 bridgehead atoms. The summed E-state index contributed by atoms with van der Waals surface area (Å²) in [4.78, 5) is 38.4. The second kappa shape index (κ2) is 66.6. The standard InChI is InChI=1S/C72H130O6/c1-4-7-10-13-16-19-22-25-28-30-31-32-33-34-35-36-37-38-39-40-41-43-44-47-50-53-56-59-62-65-71(74)77-68-69(67-76-70(73)64-61-58-55-52-49-46-27-24-21-18-15-12-9-6-3)78-72(75)66-63-60-57-54-51-48-45-42-29-26-23-20-17-14-11-8-5-2/h22,24-27,29-31,33-34,69H,4-21,23,28,32,35-68H2,1-3H3/b25-22-,27-24-,29-26-,31-30-,34-33-. The summed E-state index contributed by atoms with van der Waals surface area (Å²) >= 11 is 0. The van der Waals surface area contributed by atoms with Crippen molar-refractivity contribution in [3.05, 3.63) is 60.8 Å². The van der Waals surface area contributed by atoms with Crippen molar-refractivity contribution in [3.63, 3.8) is 0 Å². The molecule has 0 aliphatic rings. The molecule has 454 valence electrons. The minimum atomic E-state index is -0.780. The molecule has 0 fully saturated rings. The van der Waals surface area contributed by atoms with E-state index in [1.165, 1.54) is 244 Å². The molecule has 0 N–H and O–H groups in total. The molecular formula is C72H130O6. The van der Waals surface area contributed by atoms with Gasteiger partial charge in [0, 0.05) is 19.3 Å². The fourth-order valence-corrected chi connectivity index (χ4v) is 10.0. The monoisotopic (exact) mass is 1090 g/mol. The summed E-state index contributed by atoms with van der Waals surface area (Å²) in [5, 5.41) is 0. The smallest absolute Gasteiger partial charge is 0.306 e. The molecule has 0 aromatic heterocycles. The highest BCUT2D eigenvalue weighted by atomic mass is 16.6. The maximum absolute atomic E-state index is 12.9. The number of allylic oxidation sites excluding steroid dienone is 10. The molecule has 1 unspecified atom stereocenters. The largest absolute Gasteiger partial charge is 0.462 e. The molecule has 0 aliphatic carbocycles. The van der Waals surface area contributed by atoms with Crippen molar-refractivity contribution >= 4 is 17.9 Å². The molecule has 0 aromatic carbocycles. The number of hydrogen-bond donors (Lipinski definition) is 0. The van der Waals surface area contributed by atoms with Gasteiger partial charge in [-0.25, -0.2) is 0 Å². The van der Waals surface area contributed by atoms with Crippen LogP contribution in [-0.4, -0.2) is 37.2 Å².